The van der Waals surface area contributed by atoms with Gasteiger partial charge in [-0.2, -0.15) is 0 Å². The van der Waals surface area contributed by atoms with Gasteiger partial charge >= 0.3 is 0 Å². The van der Waals surface area contributed by atoms with Crippen molar-refractivity contribution in [1.82, 2.24) is 0 Å². The molecule has 10 N–H and O–H groups in total. The van der Waals surface area contributed by atoms with Crippen LogP contribution in [0.4, 0.5) is 0 Å². The van der Waals surface area contributed by atoms with Crippen molar-refractivity contribution in [3.05, 3.63) is 0 Å². The van der Waals surface area contributed by atoms with Crippen molar-refractivity contribution in [2.75, 3.05) is 26.4 Å². The Morgan fingerprint density at radius 2 is 0.957 bits per heavy atom. The zero-order valence-electron chi connectivity index (χ0n) is 12.8. The first-order valence-electron chi connectivity index (χ1n) is 6.65. The Morgan fingerprint density at radius 3 is 1.17 bits per heavy atom. The van der Waals surface area contributed by atoms with Gasteiger partial charge in [-0.15, -0.1) is 0 Å². The van der Waals surface area contributed by atoms with Gasteiger partial charge in [0.2, 0.25) is 0 Å². The van der Waals surface area contributed by atoms with Crippen molar-refractivity contribution < 1.29 is 55.9 Å². The van der Waals surface area contributed by atoms with Crippen LogP contribution in [0.3, 0.4) is 0 Å². The Balaban J connectivity index is -0.000000297. The number of hydrogen-bond acceptors (Lipinski definition) is 11. The second kappa shape index (κ2) is 17.6. The van der Waals surface area contributed by atoms with E-state index in [4.69, 9.17) is 51.1 Å². The van der Waals surface area contributed by atoms with Crippen LogP contribution in [-0.4, -0.2) is 120 Å². The summed E-state index contributed by atoms with van der Waals surface area (Å²) in [6.07, 6.45) is -8.92. The van der Waals surface area contributed by atoms with E-state index in [9.17, 15) is 4.79 Å². The Kier molecular flexibility index (Phi) is 20.8. The summed E-state index contributed by atoms with van der Waals surface area (Å²) in [5, 5.41) is 84.2. The first kappa shape index (κ1) is 27.1. The number of aldehydes is 1. The second-order valence-corrected chi connectivity index (χ2v) is 4.17. The first-order chi connectivity index (χ1) is 10.7. The molecule has 0 radical (unpaired) electrons. The van der Waals surface area contributed by atoms with Crippen LogP contribution in [0.15, 0.2) is 0 Å². The summed E-state index contributed by atoms with van der Waals surface area (Å²) in [5.41, 5.74) is 0. The molecule has 23 heavy (non-hydrogen) atoms. The molecule has 0 fully saturated rings. The molecule has 1 unspecified atom stereocenters. The Hall–Kier alpha value is -0.730. The smallest absolute Gasteiger partial charge is 0.151 e. The Bertz CT molecular complexity index is 243. The number of hydrogen-bond donors (Lipinski definition) is 10. The molecule has 0 aromatic carbocycles. The normalized spacial score (nSPS) is 18.0. The highest BCUT2D eigenvalue weighted by atomic mass is 16.4. The monoisotopic (exact) mass is 348 g/mol. The van der Waals surface area contributed by atoms with Gasteiger partial charge < -0.3 is 55.9 Å². The van der Waals surface area contributed by atoms with Crippen LogP contribution in [0, 0.1) is 0 Å². The summed E-state index contributed by atoms with van der Waals surface area (Å²) in [6, 6.07) is 0. The van der Waals surface area contributed by atoms with Gasteiger partial charge in [-0.3, -0.25) is 0 Å². The van der Waals surface area contributed by atoms with Gasteiger partial charge in [0.15, 0.2) is 6.29 Å². The van der Waals surface area contributed by atoms with Crippen molar-refractivity contribution in [2.45, 2.75) is 43.5 Å². The fourth-order valence-electron chi connectivity index (χ4n) is 0.889. The quantitative estimate of drug-likeness (QED) is 0.186. The third-order valence-electron chi connectivity index (χ3n) is 2.23. The fourth-order valence-corrected chi connectivity index (χ4v) is 0.889. The Morgan fingerprint density at radius 1 is 0.696 bits per heavy atom. The molecule has 0 saturated heterocycles. The molecular formula is C12H28O11. The number of aliphatic hydroxyl groups is 10. The predicted molar refractivity (Wildman–Crippen MR) is 76.1 cm³/mol. The van der Waals surface area contributed by atoms with E-state index in [0.717, 1.165) is 0 Å². The van der Waals surface area contributed by atoms with E-state index in [2.05, 4.69) is 0 Å². The molecule has 0 amide bonds. The van der Waals surface area contributed by atoms with Crippen molar-refractivity contribution >= 4 is 6.29 Å². The molecule has 0 spiro atoms. The molecule has 0 heterocycles. The molecule has 0 aromatic heterocycles. The molecule has 0 aromatic rings. The minimum atomic E-state index is -1.64. The molecule has 142 valence electrons. The molecule has 0 bridgehead atoms. The van der Waals surface area contributed by atoms with Gasteiger partial charge in [0.05, 0.1) is 19.8 Å². The van der Waals surface area contributed by atoms with Crippen molar-refractivity contribution in [2.24, 2.45) is 0 Å². The Labute approximate surface area is 133 Å². The van der Waals surface area contributed by atoms with Gasteiger partial charge in [0.1, 0.15) is 36.6 Å². The largest absolute Gasteiger partial charge is 0.397 e. The maximum atomic E-state index is 9.76. The molecule has 0 saturated carbocycles. The number of carbonyl (C=O) groups is 1. The maximum absolute atomic E-state index is 9.76. The van der Waals surface area contributed by atoms with Gasteiger partial charge in [-0.25, -0.2) is 0 Å². The third kappa shape index (κ3) is 14.6. The van der Waals surface area contributed by atoms with Crippen molar-refractivity contribution in [3.63, 3.8) is 0 Å². The van der Waals surface area contributed by atoms with E-state index >= 15 is 0 Å². The predicted octanol–water partition coefficient (Wildman–Crippen LogP) is -5.69. The molecule has 0 aliphatic heterocycles. The lowest BCUT2D eigenvalue weighted by Gasteiger charge is -2.19. The van der Waals surface area contributed by atoms with E-state index in [1.807, 2.05) is 0 Å². The summed E-state index contributed by atoms with van der Waals surface area (Å²) in [7, 11) is 0. The van der Waals surface area contributed by atoms with Crippen LogP contribution < -0.4 is 0 Å². The first-order valence-corrected chi connectivity index (χ1v) is 6.65. The van der Waals surface area contributed by atoms with E-state index in [1.165, 1.54) is 0 Å². The summed E-state index contributed by atoms with van der Waals surface area (Å²) in [6.45, 7) is -0.0392. The van der Waals surface area contributed by atoms with Crippen LogP contribution in [0.5, 0.6) is 0 Å². The zero-order valence-corrected chi connectivity index (χ0v) is 12.8. The van der Waals surface area contributed by atoms with Crippen LogP contribution in [0.1, 0.15) is 6.92 Å². The molecule has 0 aliphatic carbocycles. The van der Waals surface area contributed by atoms with E-state index in [1.54, 1.807) is 6.92 Å². The second-order valence-electron chi connectivity index (χ2n) is 4.17. The highest BCUT2D eigenvalue weighted by molar-refractivity contribution is 5.56. The van der Waals surface area contributed by atoms with Crippen molar-refractivity contribution in [3.8, 4) is 0 Å². The van der Waals surface area contributed by atoms with E-state index in [-0.39, 0.29) is 12.9 Å². The minimum Gasteiger partial charge on any atom is -0.397 e. The average molecular weight is 348 g/mol. The average Bonchev–Trinajstić information content (AvgIpc) is 2.58. The number of carbonyl (C=O) groups excluding carboxylic acids is 1. The standard InChI is InChI=1S/C5H12O5.C5H10O5.C2H6O/c2*6-1-3(8)5(10)4(9)2-7;1-2-3/h3-10H,1-2H2;1,3-5,7-10H,2H2;3H,2H2,1H3/t3-,4+,5?;3-,4+,5+;/m.0./s1. The molecule has 6 atom stereocenters. The lowest BCUT2D eigenvalue weighted by atomic mass is 10.1. The lowest BCUT2D eigenvalue weighted by molar-refractivity contribution is -0.127. The van der Waals surface area contributed by atoms with Crippen LogP contribution in [0.25, 0.3) is 0 Å². The van der Waals surface area contributed by atoms with Crippen molar-refractivity contribution in [1.29, 1.82) is 0 Å². The van der Waals surface area contributed by atoms with Gasteiger partial charge in [-0.1, -0.05) is 0 Å². The lowest BCUT2D eigenvalue weighted by Crippen LogP contribution is -2.41. The zero-order chi connectivity index (χ0) is 19.0. The summed E-state index contributed by atoms with van der Waals surface area (Å²) in [5.74, 6) is 0. The molecular weight excluding hydrogens is 320 g/mol. The van der Waals surface area contributed by atoms with Crippen LogP contribution in [-0.2, 0) is 4.79 Å². The summed E-state index contributed by atoms with van der Waals surface area (Å²) in [4.78, 5) is 9.76. The topological polar surface area (TPSA) is 219 Å². The number of aliphatic hydroxyl groups excluding tert-OH is 10. The highest BCUT2D eigenvalue weighted by Crippen LogP contribution is 1.98. The third-order valence-corrected chi connectivity index (χ3v) is 2.23. The summed E-state index contributed by atoms with van der Waals surface area (Å²) >= 11 is 0. The number of rotatable bonds is 8. The van der Waals surface area contributed by atoms with E-state index < -0.39 is 56.4 Å². The maximum Gasteiger partial charge on any atom is 0.151 e. The highest BCUT2D eigenvalue weighted by Gasteiger charge is 2.23. The fraction of sp³-hybridized carbons (Fsp3) is 0.917. The molecule has 11 heteroatoms. The van der Waals surface area contributed by atoms with Gasteiger partial charge in [-0.05, 0) is 6.92 Å². The van der Waals surface area contributed by atoms with Crippen LogP contribution >= 0.6 is 0 Å². The van der Waals surface area contributed by atoms with Gasteiger partial charge in [0, 0.05) is 6.61 Å². The van der Waals surface area contributed by atoms with Crippen LogP contribution in [0.2, 0.25) is 0 Å². The summed E-state index contributed by atoms with van der Waals surface area (Å²) < 4.78 is 0. The SMILES string of the molecule is CCO.O=C[C@H](O)[C@@H](O)[C@H](O)CO.OC[C@@H](O)C(O)[C@@H](O)CO. The minimum absolute atomic E-state index is 0.0869. The molecule has 0 rings (SSSR count). The van der Waals surface area contributed by atoms with Gasteiger partial charge in [0.25, 0.3) is 0 Å². The molecule has 0 aliphatic rings. The van der Waals surface area contributed by atoms with E-state index in [0.29, 0.717) is 0 Å². The molecule has 11 nitrogen and oxygen atoms in total.